The Balaban J connectivity index is 2.02. The molecule has 28 heavy (non-hydrogen) atoms. The van der Waals surface area contributed by atoms with Crippen molar-refractivity contribution in [1.29, 1.82) is 0 Å². The van der Waals surface area contributed by atoms with Crippen LogP contribution in [0.15, 0.2) is 42.0 Å². The first-order valence-electron chi connectivity index (χ1n) is 9.17. The number of nitrogens with zero attached hydrogens (tertiary/aromatic N) is 4. The van der Waals surface area contributed by atoms with Crippen LogP contribution in [0.2, 0.25) is 0 Å². The van der Waals surface area contributed by atoms with Crippen molar-refractivity contribution >= 4 is 23.1 Å². The lowest BCUT2D eigenvalue weighted by Gasteiger charge is -2.22. The van der Waals surface area contributed by atoms with Gasteiger partial charge in [-0.15, -0.1) is 0 Å². The SMILES string of the molecule is CCc1nc(N)nc(N)c1-c1ccc(N(C)CC2=CC=CCC2)c([N+](=O)[O-])c1. The Morgan fingerprint density at radius 3 is 2.71 bits per heavy atom. The van der Waals surface area contributed by atoms with E-state index in [1.54, 1.807) is 6.07 Å². The predicted octanol–water partition coefficient (Wildman–Crippen LogP) is 3.49. The monoisotopic (exact) mass is 380 g/mol. The number of hydrogen-bond donors (Lipinski definition) is 2. The van der Waals surface area contributed by atoms with Gasteiger partial charge in [-0.25, -0.2) is 4.98 Å². The second-order valence-corrected chi connectivity index (χ2v) is 6.75. The maximum absolute atomic E-state index is 11.8. The van der Waals surface area contributed by atoms with Crippen LogP contribution in [0.25, 0.3) is 11.1 Å². The molecule has 0 bridgehead atoms. The van der Waals surface area contributed by atoms with Crippen LogP contribution in [0, 0.1) is 10.1 Å². The average Bonchev–Trinajstić information content (AvgIpc) is 2.67. The van der Waals surface area contributed by atoms with E-state index in [2.05, 4.69) is 22.1 Å². The van der Waals surface area contributed by atoms with E-state index in [-0.39, 0.29) is 22.4 Å². The first kappa shape index (κ1) is 19.3. The zero-order chi connectivity index (χ0) is 20.3. The zero-order valence-corrected chi connectivity index (χ0v) is 16.1. The fourth-order valence-corrected chi connectivity index (χ4v) is 3.44. The molecule has 0 atom stereocenters. The Kier molecular flexibility index (Phi) is 5.58. The molecule has 2 aromatic rings. The second-order valence-electron chi connectivity index (χ2n) is 6.75. The largest absolute Gasteiger partial charge is 0.383 e. The zero-order valence-electron chi connectivity index (χ0n) is 16.1. The minimum absolute atomic E-state index is 0.0187. The summed E-state index contributed by atoms with van der Waals surface area (Å²) in [5, 5.41) is 11.8. The second kappa shape index (κ2) is 8.08. The molecule has 1 aliphatic rings. The number of allylic oxidation sites excluding steroid dienone is 3. The molecule has 0 unspecified atom stereocenters. The molecule has 0 saturated heterocycles. The van der Waals surface area contributed by atoms with E-state index in [9.17, 15) is 10.1 Å². The number of nitrogen functional groups attached to an aromatic ring is 2. The third-order valence-electron chi connectivity index (χ3n) is 4.78. The van der Waals surface area contributed by atoms with E-state index >= 15 is 0 Å². The van der Waals surface area contributed by atoms with Crippen LogP contribution in [0.5, 0.6) is 0 Å². The molecule has 4 N–H and O–H groups in total. The Morgan fingerprint density at radius 1 is 1.29 bits per heavy atom. The molecular weight excluding hydrogens is 356 g/mol. The van der Waals surface area contributed by atoms with Crippen LogP contribution in [0.3, 0.4) is 0 Å². The van der Waals surface area contributed by atoms with Crippen LogP contribution < -0.4 is 16.4 Å². The van der Waals surface area contributed by atoms with Gasteiger partial charge in [0.25, 0.3) is 5.69 Å². The van der Waals surface area contributed by atoms with E-state index in [0.29, 0.717) is 35.5 Å². The van der Waals surface area contributed by atoms with Gasteiger partial charge in [-0.05, 0) is 30.9 Å². The Labute approximate surface area is 163 Å². The molecule has 0 saturated carbocycles. The number of nitro groups is 1. The van der Waals surface area contributed by atoms with Crippen molar-refractivity contribution in [2.45, 2.75) is 26.2 Å². The number of rotatable bonds is 6. The first-order chi connectivity index (χ1) is 13.4. The number of aryl methyl sites for hydroxylation is 1. The molecule has 8 nitrogen and oxygen atoms in total. The van der Waals surface area contributed by atoms with E-state index < -0.39 is 0 Å². The van der Waals surface area contributed by atoms with Gasteiger partial charge in [0.1, 0.15) is 11.5 Å². The normalized spacial score (nSPS) is 13.3. The van der Waals surface area contributed by atoms with Gasteiger partial charge < -0.3 is 16.4 Å². The summed E-state index contributed by atoms with van der Waals surface area (Å²) < 4.78 is 0. The van der Waals surface area contributed by atoms with Gasteiger partial charge in [-0.2, -0.15) is 4.98 Å². The van der Waals surface area contributed by atoms with Crippen molar-refractivity contribution in [2.75, 3.05) is 30.0 Å². The summed E-state index contributed by atoms with van der Waals surface area (Å²) in [6.45, 7) is 2.56. The molecule has 1 heterocycles. The van der Waals surface area contributed by atoms with Gasteiger partial charge in [0.05, 0.1) is 10.6 Å². The molecule has 8 heteroatoms. The molecule has 0 aliphatic heterocycles. The van der Waals surface area contributed by atoms with Crippen LogP contribution in [0.4, 0.5) is 23.1 Å². The molecule has 1 aromatic heterocycles. The number of likely N-dealkylation sites (N-methyl/N-ethyl adjacent to an activating group) is 1. The summed E-state index contributed by atoms with van der Waals surface area (Å²) >= 11 is 0. The molecule has 0 radical (unpaired) electrons. The Morgan fingerprint density at radius 2 is 2.07 bits per heavy atom. The summed E-state index contributed by atoms with van der Waals surface area (Å²) in [4.78, 5) is 21.5. The minimum Gasteiger partial charge on any atom is -0.383 e. The highest BCUT2D eigenvalue weighted by Crippen LogP contribution is 2.36. The van der Waals surface area contributed by atoms with Gasteiger partial charge in [0.15, 0.2) is 0 Å². The average molecular weight is 380 g/mol. The smallest absolute Gasteiger partial charge is 0.293 e. The quantitative estimate of drug-likeness (QED) is 0.580. The molecule has 3 rings (SSSR count). The van der Waals surface area contributed by atoms with Crippen molar-refractivity contribution in [3.8, 4) is 11.1 Å². The van der Waals surface area contributed by atoms with Crippen molar-refractivity contribution in [3.05, 3.63) is 57.8 Å². The number of nitrogens with two attached hydrogens (primary N) is 2. The van der Waals surface area contributed by atoms with Crippen molar-refractivity contribution in [3.63, 3.8) is 0 Å². The van der Waals surface area contributed by atoms with Crippen LogP contribution >= 0.6 is 0 Å². The molecule has 1 aliphatic carbocycles. The van der Waals surface area contributed by atoms with Crippen molar-refractivity contribution in [1.82, 2.24) is 9.97 Å². The highest BCUT2D eigenvalue weighted by molar-refractivity contribution is 5.81. The summed E-state index contributed by atoms with van der Waals surface area (Å²) in [5.74, 6) is 0.317. The maximum Gasteiger partial charge on any atom is 0.293 e. The lowest BCUT2D eigenvalue weighted by Crippen LogP contribution is -2.21. The number of anilines is 3. The standard InChI is InChI=1S/C20H24N6O2/c1-3-15-18(19(21)24-20(22)23-15)14-9-10-16(17(11-14)26(27)28)25(2)12-13-7-5-4-6-8-13/h4-5,7,9-11H,3,6,8,12H2,1-2H3,(H4,21,22,23,24). The maximum atomic E-state index is 11.8. The third kappa shape index (κ3) is 3.95. The molecule has 0 amide bonds. The predicted molar refractivity (Wildman–Crippen MR) is 112 cm³/mol. The summed E-state index contributed by atoms with van der Waals surface area (Å²) in [6.07, 6.45) is 8.76. The van der Waals surface area contributed by atoms with E-state index in [4.69, 9.17) is 11.5 Å². The van der Waals surface area contributed by atoms with Crippen LogP contribution in [-0.2, 0) is 6.42 Å². The van der Waals surface area contributed by atoms with Crippen LogP contribution in [-0.4, -0.2) is 28.5 Å². The highest BCUT2D eigenvalue weighted by Gasteiger charge is 2.21. The minimum atomic E-state index is -0.371. The van der Waals surface area contributed by atoms with E-state index in [1.807, 2.05) is 31.0 Å². The number of nitro benzene ring substituents is 1. The molecule has 1 aromatic carbocycles. The molecule has 0 spiro atoms. The van der Waals surface area contributed by atoms with Gasteiger partial charge in [-0.3, -0.25) is 10.1 Å². The van der Waals surface area contributed by atoms with Gasteiger partial charge in [-0.1, -0.05) is 36.8 Å². The fraction of sp³-hybridized carbons (Fsp3) is 0.300. The fourth-order valence-electron chi connectivity index (χ4n) is 3.44. The van der Waals surface area contributed by atoms with Gasteiger partial charge in [0, 0.05) is 25.2 Å². The van der Waals surface area contributed by atoms with Crippen LogP contribution in [0.1, 0.15) is 25.5 Å². The topological polar surface area (TPSA) is 124 Å². The molecular formula is C20H24N6O2. The number of benzene rings is 1. The Hall–Kier alpha value is -3.42. The Bertz CT molecular complexity index is 967. The van der Waals surface area contributed by atoms with Crippen molar-refractivity contribution in [2.24, 2.45) is 0 Å². The summed E-state index contributed by atoms with van der Waals surface area (Å²) in [5.41, 5.74) is 15.4. The van der Waals surface area contributed by atoms with E-state index in [1.165, 1.54) is 11.6 Å². The number of aromatic nitrogens is 2. The third-order valence-corrected chi connectivity index (χ3v) is 4.78. The molecule has 146 valence electrons. The lowest BCUT2D eigenvalue weighted by atomic mass is 10.0. The van der Waals surface area contributed by atoms with Gasteiger partial charge >= 0.3 is 0 Å². The molecule has 0 fully saturated rings. The number of hydrogen-bond acceptors (Lipinski definition) is 7. The highest BCUT2D eigenvalue weighted by atomic mass is 16.6. The summed E-state index contributed by atoms with van der Waals surface area (Å²) in [7, 11) is 1.86. The lowest BCUT2D eigenvalue weighted by molar-refractivity contribution is -0.384. The van der Waals surface area contributed by atoms with Gasteiger partial charge in [0.2, 0.25) is 5.95 Å². The van der Waals surface area contributed by atoms with Crippen molar-refractivity contribution < 1.29 is 4.92 Å². The first-order valence-corrected chi connectivity index (χ1v) is 9.17. The summed E-state index contributed by atoms with van der Waals surface area (Å²) in [6, 6.07) is 5.10. The van der Waals surface area contributed by atoms with E-state index in [0.717, 1.165) is 12.8 Å².